The minimum absolute atomic E-state index is 0.136. The standard InChI is InChI=1S/C23H26N6O2/c1-11-13(3)17(7-5-15(11)24)27-19-9-21(22(30)10-20(19)29-23(26)31)28-18-8-6-16(25)12(2)14(18)4/h5-8,10H,9,24-25H2,1-4H3,(H3,26,29,31). The number of carbonyl (C=O) groups excluding carboxylic acids is 2. The number of hydrogen-bond acceptors (Lipinski definition) is 6. The molecule has 3 rings (SSSR count). The molecule has 0 aromatic heterocycles. The fourth-order valence-corrected chi connectivity index (χ4v) is 3.26. The van der Waals surface area contributed by atoms with Gasteiger partial charge in [-0.05, 0) is 74.2 Å². The van der Waals surface area contributed by atoms with Gasteiger partial charge in [0, 0.05) is 23.9 Å². The molecule has 2 aromatic rings. The predicted molar refractivity (Wildman–Crippen MR) is 125 cm³/mol. The largest absolute Gasteiger partial charge is 0.399 e. The van der Waals surface area contributed by atoms with Crippen LogP contribution < -0.4 is 22.5 Å². The van der Waals surface area contributed by atoms with Gasteiger partial charge in [0.05, 0.1) is 28.5 Å². The number of aliphatic imine (C=N–C) groups is 2. The number of carbonyl (C=O) groups is 2. The van der Waals surface area contributed by atoms with Gasteiger partial charge in [0.25, 0.3) is 0 Å². The molecule has 0 radical (unpaired) electrons. The molecule has 0 heterocycles. The molecule has 0 bridgehead atoms. The molecule has 31 heavy (non-hydrogen) atoms. The molecular formula is C23H26N6O2. The van der Waals surface area contributed by atoms with Gasteiger partial charge in [0.15, 0.2) is 0 Å². The van der Waals surface area contributed by atoms with E-state index in [0.29, 0.717) is 34.2 Å². The zero-order chi connectivity index (χ0) is 22.9. The summed E-state index contributed by atoms with van der Waals surface area (Å²) in [7, 11) is 0. The van der Waals surface area contributed by atoms with Crippen LogP contribution in [-0.2, 0) is 4.79 Å². The fourth-order valence-electron chi connectivity index (χ4n) is 3.26. The van der Waals surface area contributed by atoms with E-state index in [1.165, 1.54) is 6.08 Å². The topological polar surface area (TPSA) is 149 Å². The first-order valence-electron chi connectivity index (χ1n) is 9.77. The van der Waals surface area contributed by atoms with E-state index >= 15 is 0 Å². The lowest BCUT2D eigenvalue weighted by molar-refractivity contribution is -0.109. The summed E-state index contributed by atoms with van der Waals surface area (Å²) in [5.41, 5.74) is 24.6. The summed E-state index contributed by atoms with van der Waals surface area (Å²) in [4.78, 5) is 33.5. The van der Waals surface area contributed by atoms with Crippen molar-refractivity contribution in [3.05, 3.63) is 58.3 Å². The number of anilines is 2. The van der Waals surface area contributed by atoms with Gasteiger partial charge in [-0.2, -0.15) is 0 Å². The molecule has 0 saturated heterocycles. The van der Waals surface area contributed by atoms with Gasteiger partial charge in [-0.1, -0.05) is 0 Å². The van der Waals surface area contributed by atoms with Crippen molar-refractivity contribution in [3.63, 3.8) is 0 Å². The molecule has 0 atom stereocenters. The van der Waals surface area contributed by atoms with Gasteiger partial charge >= 0.3 is 6.03 Å². The molecule has 1 aliphatic carbocycles. The van der Waals surface area contributed by atoms with Crippen molar-refractivity contribution in [2.75, 3.05) is 11.5 Å². The number of benzene rings is 2. The number of primary amides is 1. The van der Waals surface area contributed by atoms with E-state index in [-0.39, 0.29) is 17.9 Å². The second-order valence-corrected chi connectivity index (χ2v) is 7.55. The minimum atomic E-state index is -0.776. The number of rotatable bonds is 3. The molecule has 2 aromatic carbocycles. The number of amides is 2. The van der Waals surface area contributed by atoms with Crippen molar-refractivity contribution in [2.45, 2.75) is 34.1 Å². The summed E-state index contributed by atoms with van der Waals surface area (Å²) in [5.74, 6) is -0.318. The Balaban J connectivity index is 2.11. The maximum atomic E-state index is 12.7. The molecule has 0 saturated carbocycles. The van der Waals surface area contributed by atoms with E-state index < -0.39 is 6.03 Å². The molecule has 8 heteroatoms. The lowest BCUT2D eigenvalue weighted by Gasteiger charge is -2.18. The number of ketones is 1. The van der Waals surface area contributed by atoms with Gasteiger partial charge in [-0.3, -0.25) is 9.79 Å². The molecule has 0 unspecified atom stereocenters. The molecule has 0 fully saturated rings. The summed E-state index contributed by atoms with van der Waals surface area (Å²) in [6, 6.07) is 6.34. The fraction of sp³-hybridized carbons (Fsp3) is 0.217. The van der Waals surface area contributed by atoms with E-state index in [4.69, 9.17) is 22.2 Å². The van der Waals surface area contributed by atoms with Crippen molar-refractivity contribution in [1.29, 1.82) is 0 Å². The van der Waals surface area contributed by atoms with Gasteiger partial charge in [-0.15, -0.1) is 0 Å². The summed E-state index contributed by atoms with van der Waals surface area (Å²) in [6.07, 6.45) is 1.43. The highest BCUT2D eigenvalue weighted by Crippen LogP contribution is 2.29. The van der Waals surface area contributed by atoms with Crippen LogP contribution in [0.3, 0.4) is 0 Å². The molecule has 0 spiro atoms. The summed E-state index contributed by atoms with van der Waals surface area (Å²) < 4.78 is 0. The van der Waals surface area contributed by atoms with Crippen molar-refractivity contribution >= 4 is 46.0 Å². The van der Waals surface area contributed by atoms with Crippen LogP contribution in [0.2, 0.25) is 0 Å². The Labute approximate surface area is 180 Å². The molecule has 8 nitrogen and oxygen atoms in total. The Morgan fingerprint density at radius 1 is 0.839 bits per heavy atom. The van der Waals surface area contributed by atoms with Gasteiger partial charge in [0.2, 0.25) is 5.78 Å². The zero-order valence-electron chi connectivity index (χ0n) is 18.0. The monoisotopic (exact) mass is 418 g/mol. The summed E-state index contributed by atoms with van der Waals surface area (Å²) >= 11 is 0. The Bertz CT molecular complexity index is 1190. The highest BCUT2D eigenvalue weighted by molar-refractivity contribution is 6.51. The molecular weight excluding hydrogens is 392 g/mol. The Morgan fingerprint density at radius 3 is 1.81 bits per heavy atom. The number of urea groups is 1. The van der Waals surface area contributed by atoms with Crippen molar-refractivity contribution in [3.8, 4) is 0 Å². The number of nitrogens with two attached hydrogens (primary N) is 3. The van der Waals surface area contributed by atoms with Crippen LogP contribution in [0.4, 0.5) is 27.5 Å². The lowest BCUT2D eigenvalue weighted by atomic mass is 9.97. The zero-order valence-corrected chi connectivity index (χ0v) is 18.0. The van der Waals surface area contributed by atoms with Gasteiger partial charge < -0.3 is 22.5 Å². The second kappa shape index (κ2) is 8.43. The molecule has 2 amide bonds. The maximum Gasteiger partial charge on any atom is 0.316 e. The Morgan fingerprint density at radius 2 is 1.32 bits per heavy atom. The Hall–Kier alpha value is -3.94. The normalized spacial score (nSPS) is 16.5. The lowest BCUT2D eigenvalue weighted by Crippen LogP contribution is -2.36. The number of allylic oxidation sites excluding steroid dienone is 2. The molecule has 7 N–H and O–H groups in total. The maximum absolute atomic E-state index is 12.7. The van der Waals surface area contributed by atoms with Crippen molar-refractivity contribution < 1.29 is 9.59 Å². The van der Waals surface area contributed by atoms with Crippen LogP contribution in [0.15, 0.2) is 46.0 Å². The van der Waals surface area contributed by atoms with Crippen LogP contribution in [0.1, 0.15) is 28.7 Å². The molecule has 1 aliphatic rings. The van der Waals surface area contributed by atoms with Crippen LogP contribution in [0.5, 0.6) is 0 Å². The smallest absolute Gasteiger partial charge is 0.316 e. The summed E-state index contributed by atoms with van der Waals surface area (Å²) in [6.45, 7) is 7.64. The average Bonchev–Trinajstić information content (AvgIpc) is 2.71. The van der Waals surface area contributed by atoms with Gasteiger partial charge in [-0.25, -0.2) is 9.79 Å². The van der Waals surface area contributed by atoms with Crippen molar-refractivity contribution in [1.82, 2.24) is 5.32 Å². The number of hydrogen-bond donors (Lipinski definition) is 4. The third-order valence-corrected chi connectivity index (χ3v) is 5.58. The Kier molecular flexibility index (Phi) is 5.92. The molecule has 0 aliphatic heterocycles. The van der Waals surface area contributed by atoms with Crippen LogP contribution in [-0.4, -0.2) is 23.2 Å². The highest BCUT2D eigenvalue weighted by Gasteiger charge is 2.25. The number of nitrogens with zero attached hydrogens (tertiary/aromatic N) is 2. The van der Waals surface area contributed by atoms with E-state index in [1.54, 1.807) is 24.3 Å². The van der Waals surface area contributed by atoms with Crippen LogP contribution in [0.25, 0.3) is 0 Å². The summed E-state index contributed by atoms with van der Waals surface area (Å²) in [5, 5.41) is 2.49. The van der Waals surface area contributed by atoms with Crippen LogP contribution >= 0.6 is 0 Å². The first-order valence-corrected chi connectivity index (χ1v) is 9.77. The predicted octanol–water partition coefficient (Wildman–Crippen LogP) is 3.45. The van der Waals surface area contributed by atoms with E-state index in [2.05, 4.69) is 10.3 Å². The first-order chi connectivity index (χ1) is 14.6. The first kappa shape index (κ1) is 21.8. The quantitative estimate of drug-likeness (QED) is 0.565. The minimum Gasteiger partial charge on any atom is -0.399 e. The second-order valence-electron chi connectivity index (χ2n) is 7.55. The van der Waals surface area contributed by atoms with Crippen LogP contribution in [0, 0.1) is 27.7 Å². The van der Waals surface area contributed by atoms with E-state index in [0.717, 1.165) is 22.3 Å². The van der Waals surface area contributed by atoms with Gasteiger partial charge in [0.1, 0.15) is 0 Å². The number of nitrogen functional groups attached to an aromatic ring is 2. The third-order valence-electron chi connectivity index (χ3n) is 5.58. The average molecular weight is 419 g/mol. The van der Waals surface area contributed by atoms with Crippen molar-refractivity contribution in [2.24, 2.45) is 15.7 Å². The number of nitrogens with one attached hydrogen (secondary N) is 1. The highest BCUT2D eigenvalue weighted by atomic mass is 16.2. The third kappa shape index (κ3) is 4.48. The van der Waals surface area contributed by atoms with E-state index in [9.17, 15) is 9.59 Å². The molecule has 160 valence electrons. The SMILES string of the molecule is Cc1c(N)ccc(N=C2CC(=Nc3ccc(N)c(C)c3C)C(NC(N)=O)=CC2=O)c1C. The van der Waals surface area contributed by atoms with E-state index in [1.807, 2.05) is 27.7 Å².